The van der Waals surface area contributed by atoms with E-state index in [2.05, 4.69) is 36.5 Å². The van der Waals surface area contributed by atoms with Gasteiger partial charge >= 0.3 is 0 Å². The first-order valence-corrected chi connectivity index (χ1v) is 9.12. The Morgan fingerprint density at radius 1 is 0.926 bits per heavy atom. The summed E-state index contributed by atoms with van der Waals surface area (Å²) < 4.78 is 0. The quantitative estimate of drug-likeness (QED) is 0.499. The van der Waals surface area contributed by atoms with Gasteiger partial charge in [-0.05, 0) is 35.6 Å². The van der Waals surface area contributed by atoms with E-state index in [4.69, 9.17) is 0 Å². The number of aryl methyl sites for hydroxylation is 1. The largest absolute Gasteiger partial charge is 0.392 e. The Labute approximate surface area is 158 Å². The van der Waals surface area contributed by atoms with Gasteiger partial charge in [0.05, 0.1) is 17.4 Å². The highest BCUT2D eigenvalue weighted by molar-refractivity contribution is 5.82. The molecule has 1 unspecified atom stereocenters. The summed E-state index contributed by atoms with van der Waals surface area (Å²) >= 11 is 0. The number of hydrogen-bond donors (Lipinski definition) is 2. The van der Waals surface area contributed by atoms with Gasteiger partial charge < -0.3 is 10.4 Å². The van der Waals surface area contributed by atoms with E-state index in [1.807, 2.05) is 36.4 Å². The zero-order valence-corrected chi connectivity index (χ0v) is 15.5. The molecular weight excluding hydrogens is 338 g/mol. The lowest BCUT2D eigenvalue weighted by molar-refractivity contribution is 0.208. The number of anilines is 1. The third kappa shape index (κ3) is 4.23. The molecule has 0 amide bonds. The fourth-order valence-corrected chi connectivity index (χ4v) is 2.90. The molecule has 0 radical (unpaired) electrons. The van der Waals surface area contributed by atoms with Crippen LogP contribution in [-0.4, -0.2) is 17.8 Å². The molecule has 138 valence electrons. The van der Waals surface area contributed by atoms with Gasteiger partial charge in [0.15, 0.2) is 0 Å². The summed E-state index contributed by atoms with van der Waals surface area (Å²) in [5.41, 5.74) is 3.83. The van der Waals surface area contributed by atoms with Crippen LogP contribution in [0.25, 0.3) is 23.3 Å². The van der Waals surface area contributed by atoms with Crippen molar-refractivity contribution in [2.75, 3.05) is 11.9 Å². The Balaban J connectivity index is 1.76. The third-order valence-electron chi connectivity index (χ3n) is 4.54. The van der Waals surface area contributed by atoms with Crippen molar-refractivity contribution in [1.82, 2.24) is 0 Å². The molecule has 0 aliphatic rings. The molecule has 27 heavy (non-hydrogen) atoms. The molecule has 0 spiro atoms. The highest BCUT2D eigenvalue weighted by Gasteiger charge is 2.22. The van der Waals surface area contributed by atoms with Crippen molar-refractivity contribution >= 4 is 17.8 Å². The molecule has 4 nitrogen and oxygen atoms in total. The van der Waals surface area contributed by atoms with Crippen molar-refractivity contribution in [2.24, 2.45) is 0 Å². The van der Waals surface area contributed by atoms with Crippen LogP contribution in [0.2, 0.25) is 0 Å². The minimum absolute atomic E-state index is 0.232. The minimum Gasteiger partial charge on any atom is -0.392 e. The standard InChI is InChI=1S/C23H23NO3/c1-3-16-4-6-17(7-5-16)8-9-18-10-12-19(13-11-18)20-21(23(27)22(20)26)24-14-15(2)25/h4-13,15,24-25H,3,14H2,1-2H3. The van der Waals surface area contributed by atoms with Gasteiger partial charge in [0, 0.05) is 6.54 Å². The number of aliphatic hydroxyl groups excluding tert-OH is 1. The zero-order chi connectivity index (χ0) is 19.4. The fraction of sp³-hybridized carbons (Fsp3) is 0.217. The smallest absolute Gasteiger partial charge is 0.250 e. The summed E-state index contributed by atoms with van der Waals surface area (Å²) in [6, 6.07) is 15.9. The van der Waals surface area contributed by atoms with Gasteiger partial charge in [0.1, 0.15) is 0 Å². The van der Waals surface area contributed by atoms with Gasteiger partial charge in [-0.2, -0.15) is 0 Å². The maximum Gasteiger partial charge on any atom is 0.250 e. The molecular formula is C23H23NO3. The number of benzene rings is 2. The maximum absolute atomic E-state index is 11.9. The van der Waals surface area contributed by atoms with Gasteiger partial charge in [-0.15, -0.1) is 0 Å². The second kappa shape index (κ2) is 8.14. The van der Waals surface area contributed by atoms with Gasteiger partial charge in [-0.1, -0.05) is 67.6 Å². The Morgan fingerprint density at radius 3 is 2.00 bits per heavy atom. The molecule has 2 N–H and O–H groups in total. The first kappa shape index (κ1) is 18.8. The molecule has 0 saturated heterocycles. The van der Waals surface area contributed by atoms with E-state index in [0.29, 0.717) is 16.8 Å². The van der Waals surface area contributed by atoms with Crippen LogP contribution >= 0.6 is 0 Å². The lowest BCUT2D eigenvalue weighted by Gasteiger charge is -2.14. The second-order valence-corrected chi connectivity index (χ2v) is 6.69. The fourth-order valence-electron chi connectivity index (χ4n) is 2.90. The molecule has 0 saturated carbocycles. The maximum atomic E-state index is 11.9. The van der Waals surface area contributed by atoms with Gasteiger partial charge in [-0.3, -0.25) is 9.59 Å². The number of hydrogen-bond acceptors (Lipinski definition) is 4. The Hall–Kier alpha value is -2.98. The molecule has 1 atom stereocenters. The first-order chi connectivity index (χ1) is 13.0. The monoisotopic (exact) mass is 361 g/mol. The lowest BCUT2D eigenvalue weighted by atomic mass is 9.97. The Kier molecular flexibility index (Phi) is 5.67. The SMILES string of the molecule is CCc1ccc(C=Cc2ccc(-c3c(NCC(C)O)c(=O)c3=O)cc2)cc1. The van der Waals surface area contributed by atoms with Crippen molar-refractivity contribution in [3.05, 3.63) is 85.7 Å². The Bertz CT molecular complexity index is 1010. The Morgan fingerprint density at radius 2 is 1.48 bits per heavy atom. The molecule has 0 bridgehead atoms. The van der Waals surface area contributed by atoms with E-state index in [1.165, 1.54) is 5.56 Å². The number of aliphatic hydroxyl groups is 1. The van der Waals surface area contributed by atoms with Gasteiger partial charge in [0.2, 0.25) is 10.9 Å². The van der Waals surface area contributed by atoms with Gasteiger partial charge in [0.25, 0.3) is 0 Å². The number of rotatable bonds is 7. The summed E-state index contributed by atoms with van der Waals surface area (Å²) in [5, 5.41) is 12.2. The van der Waals surface area contributed by atoms with E-state index in [1.54, 1.807) is 6.92 Å². The topological polar surface area (TPSA) is 66.4 Å². The molecule has 3 aromatic carbocycles. The molecule has 0 fully saturated rings. The van der Waals surface area contributed by atoms with Crippen molar-refractivity contribution < 1.29 is 5.11 Å². The molecule has 0 aromatic heterocycles. The predicted octanol–water partition coefficient (Wildman–Crippen LogP) is 3.48. The van der Waals surface area contributed by atoms with E-state index in [0.717, 1.165) is 17.5 Å². The second-order valence-electron chi connectivity index (χ2n) is 6.69. The van der Waals surface area contributed by atoms with Crippen LogP contribution < -0.4 is 16.2 Å². The summed E-state index contributed by atoms with van der Waals surface area (Å²) in [5.74, 6) is 0. The van der Waals surface area contributed by atoms with E-state index >= 15 is 0 Å². The lowest BCUT2D eigenvalue weighted by Crippen LogP contribution is -2.37. The van der Waals surface area contributed by atoms with Crippen LogP contribution in [0.5, 0.6) is 0 Å². The summed E-state index contributed by atoms with van der Waals surface area (Å²) in [4.78, 5) is 23.7. The van der Waals surface area contributed by atoms with E-state index in [-0.39, 0.29) is 6.54 Å². The van der Waals surface area contributed by atoms with Crippen molar-refractivity contribution in [3.63, 3.8) is 0 Å². The molecule has 3 aromatic rings. The van der Waals surface area contributed by atoms with Crippen LogP contribution in [0, 0.1) is 0 Å². The van der Waals surface area contributed by atoms with Crippen molar-refractivity contribution in [3.8, 4) is 11.1 Å². The molecule has 0 aliphatic heterocycles. The van der Waals surface area contributed by atoms with Gasteiger partial charge in [-0.25, -0.2) is 0 Å². The minimum atomic E-state index is -0.596. The van der Waals surface area contributed by atoms with Crippen LogP contribution in [-0.2, 0) is 6.42 Å². The molecule has 4 heteroatoms. The highest BCUT2D eigenvalue weighted by Crippen LogP contribution is 2.24. The normalized spacial score (nSPS) is 12.6. The zero-order valence-electron chi connectivity index (χ0n) is 15.5. The summed E-state index contributed by atoms with van der Waals surface area (Å²) in [7, 11) is 0. The highest BCUT2D eigenvalue weighted by atomic mass is 16.3. The number of nitrogens with one attached hydrogen (secondary N) is 1. The van der Waals surface area contributed by atoms with E-state index in [9.17, 15) is 14.7 Å². The molecule has 0 heterocycles. The van der Waals surface area contributed by atoms with Crippen LogP contribution in [0.4, 0.5) is 5.69 Å². The average molecular weight is 361 g/mol. The van der Waals surface area contributed by atoms with E-state index < -0.39 is 17.0 Å². The van der Waals surface area contributed by atoms with Crippen molar-refractivity contribution in [2.45, 2.75) is 26.4 Å². The van der Waals surface area contributed by atoms with Crippen LogP contribution in [0.1, 0.15) is 30.5 Å². The molecule has 3 rings (SSSR count). The first-order valence-electron chi connectivity index (χ1n) is 9.12. The average Bonchev–Trinajstić information content (AvgIpc) is 2.69. The summed E-state index contributed by atoms with van der Waals surface area (Å²) in [6.45, 7) is 3.98. The van der Waals surface area contributed by atoms with Crippen molar-refractivity contribution in [1.29, 1.82) is 0 Å². The van der Waals surface area contributed by atoms with Crippen LogP contribution in [0.15, 0.2) is 58.1 Å². The third-order valence-corrected chi connectivity index (χ3v) is 4.54. The predicted molar refractivity (Wildman–Crippen MR) is 112 cm³/mol. The molecule has 0 aliphatic carbocycles. The summed E-state index contributed by atoms with van der Waals surface area (Å²) in [6.07, 6.45) is 4.48. The van der Waals surface area contributed by atoms with Crippen LogP contribution in [0.3, 0.4) is 0 Å².